The fraction of sp³-hybridized carbons (Fsp3) is 0.278. The molecule has 0 radical (unpaired) electrons. The Morgan fingerprint density at radius 2 is 1.86 bits per heavy atom. The van der Waals surface area contributed by atoms with Crippen LogP contribution < -0.4 is 5.43 Å². The molecule has 10 heteroatoms. The third-order valence-electron chi connectivity index (χ3n) is 4.40. The number of nitrogens with zero attached hydrogens (tertiary/aromatic N) is 3. The van der Waals surface area contributed by atoms with Crippen molar-refractivity contribution in [3.8, 4) is 0 Å². The summed E-state index contributed by atoms with van der Waals surface area (Å²) in [4.78, 5) is 10.2. The zero-order chi connectivity index (χ0) is 20.1. The molecule has 0 amide bonds. The lowest BCUT2D eigenvalue weighted by Crippen LogP contribution is -2.35. The van der Waals surface area contributed by atoms with Gasteiger partial charge in [0.25, 0.3) is 5.69 Å². The smallest absolute Gasteiger partial charge is 0.270 e. The molecule has 1 heterocycles. The Bertz CT molecular complexity index is 1000. The van der Waals surface area contributed by atoms with Crippen LogP contribution in [0.25, 0.3) is 0 Å². The number of halogens is 1. The number of hydrogen-bond donors (Lipinski definition) is 1. The summed E-state index contributed by atoms with van der Waals surface area (Å²) < 4.78 is 41.0. The average molecular weight is 406 g/mol. The molecule has 1 saturated heterocycles. The molecule has 1 N–H and O–H groups in total. The van der Waals surface area contributed by atoms with Crippen LogP contribution in [-0.4, -0.2) is 37.0 Å². The summed E-state index contributed by atoms with van der Waals surface area (Å²) in [5, 5.41) is 15.0. The molecule has 0 spiro atoms. The lowest BCUT2D eigenvalue weighted by molar-refractivity contribution is -0.385. The van der Waals surface area contributed by atoms with Crippen LogP contribution in [0.2, 0.25) is 0 Å². The van der Waals surface area contributed by atoms with Gasteiger partial charge < -0.3 is 0 Å². The van der Waals surface area contributed by atoms with Crippen molar-refractivity contribution in [1.29, 1.82) is 0 Å². The first-order valence-electron chi connectivity index (χ1n) is 8.72. The highest BCUT2D eigenvalue weighted by Gasteiger charge is 2.30. The third kappa shape index (κ3) is 4.34. The predicted octanol–water partition coefficient (Wildman–Crippen LogP) is 3.35. The zero-order valence-electron chi connectivity index (χ0n) is 14.9. The summed E-state index contributed by atoms with van der Waals surface area (Å²) in [7, 11) is -3.93. The van der Waals surface area contributed by atoms with Gasteiger partial charge in [0.2, 0.25) is 10.0 Å². The number of nitro groups is 1. The molecule has 1 aliphatic rings. The van der Waals surface area contributed by atoms with Crippen LogP contribution in [0, 0.1) is 15.9 Å². The molecule has 8 nitrogen and oxygen atoms in total. The highest BCUT2D eigenvalue weighted by molar-refractivity contribution is 7.89. The highest BCUT2D eigenvalue weighted by Crippen LogP contribution is 2.30. The molecule has 0 saturated carbocycles. The fourth-order valence-electron chi connectivity index (χ4n) is 2.93. The Kier molecular flexibility index (Phi) is 6.00. The monoisotopic (exact) mass is 406 g/mol. The number of rotatable bonds is 6. The number of sulfonamides is 1. The van der Waals surface area contributed by atoms with Gasteiger partial charge in [-0.15, -0.1) is 0 Å². The second kappa shape index (κ2) is 8.44. The molecule has 0 aliphatic carbocycles. The predicted molar refractivity (Wildman–Crippen MR) is 103 cm³/mol. The number of anilines is 1. The molecule has 2 aromatic carbocycles. The van der Waals surface area contributed by atoms with E-state index in [-0.39, 0.29) is 21.8 Å². The molecule has 148 valence electrons. The SMILES string of the molecule is O=[N+]([O-])c1ccc(N/N=C\c2ccccc2F)c(S(=O)(=O)N2CCCCC2)c1. The molecule has 0 atom stereocenters. The van der Waals surface area contributed by atoms with Crippen molar-refractivity contribution in [2.75, 3.05) is 18.5 Å². The maximum atomic E-state index is 13.7. The normalized spacial score (nSPS) is 15.6. The molecule has 1 aliphatic heterocycles. The van der Waals surface area contributed by atoms with Crippen molar-refractivity contribution in [1.82, 2.24) is 4.31 Å². The van der Waals surface area contributed by atoms with Gasteiger partial charge in [0.1, 0.15) is 10.7 Å². The number of non-ortho nitro benzene ring substituents is 1. The molecule has 0 aromatic heterocycles. The topological polar surface area (TPSA) is 105 Å². The first-order chi connectivity index (χ1) is 13.4. The van der Waals surface area contributed by atoms with E-state index in [1.807, 2.05) is 0 Å². The number of nitrogens with one attached hydrogen (secondary N) is 1. The lowest BCUT2D eigenvalue weighted by Gasteiger charge is -2.26. The molecule has 0 bridgehead atoms. The van der Waals surface area contributed by atoms with Crippen LogP contribution in [0.3, 0.4) is 0 Å². The number of nitro benzene ring substituents is 1. The Labute approximate surface area is 161 Å². The maximum Gasteiger partial charge on any atom is 0.270 e. The van der Waals surface area contributed by atoms with E-state index < -0.39 is 20.8 Å². The van der Waals surface area contributed by atoms with Gasteiger partial charge in [-0.3, -0.25) is 15.5 Å². The van der Waals surface area contributed by atoms with Gasteiger partial charge in [0, 0.05) is 30.8 Å². The average Bonchev–Trinajstić information content (AvgIpc) is 2.70. The van der Waals surface area contributed by atoms with E-state index in [1.54, 1.807) is 12.1 Å². The van der Waals surface area contributed by atoms with Crippen molar-refractivity contribution in [3.05, 3.63) is 64.0 Å². The van der Waals surface area contributed by atoms with Crippen LogP contribution in [0.15, 0.2) is 52.5 Å². The van der Waals surface area contributed by atoms with Crippen molar-refractivity contribution in [3.63, 3.8) is 0 Å². The van der Waals surface area contributed by atoms with E-state index in [0.29, 0.717) is 13.1 Å². The lowest BCUT2D eigenvalue weighted by atomic mass is 10.2. The minimum absolute atomic E-state index is 0.0868. The van der Waals surface area contributed by atoms with Gasteiger partial charge in [0.15, 0.2) is 0 Å². The highest BCUT2D eigenvalue weighted by atomic mass is 32.2. The van der Waals surface area contributed by atoms with Crippen molar-refractivity contribution >= 4 is 27.6 Å². The Balaban J connectivity index is 1.94. The summed E-state index contributed by atoms with van der Waals surface area (Å²) in [5.41, 5.74) is 2.55. The number of hydrazone groups is 1. The van der Waals surface area contributed by atoms with Crippen molar-refractivity contribution in [2.45, 2.75) is 24.2 Å². The standard InChI is InChI=1S/C18H19FN4O4S/c19-16-7-3-2-6-14(16)13-20-21-17-9-8-15(23(24)25)12-18(17)28(26,27)22-10-4-1-5-11-22/h2-3,6-9,12-13,21H,1,4-5,10-11H2/b20-13-. The molecule has 1 fully saturated rings. The Morgan fingerprint density at radius 1 is 1.14 bits per heavy atom. The van der Waals surface area contributed by atoms with Gasteiger partial charge >= 0.3 is 0 Å². The van der Waals surface area contributed by atoms with Gasteiger partial charge in [-0.2, -0.15) is 9.41 Å². The molecular formula is C18H19FN4O4S. The summed E-state index contributed by atoms with van der Waals surface area (Å²) >= 11 is 0. The van der Waals surface area contributed by atoms with Crippen molar-refractivity contribution < 1.29 is 17.7 Å². The van der Waals surface area contributed by atoms with Gasteiger partial charge in [0.05, 0.1) is 16.8 Å². The zero-order valence-corrected chi connectivity index (χ0v) is 15.7. The third-order valence-corrected chi connectivity index (χ3v) is 6.34. The number of piperidine rings is 1. The van der Waals surface area contributed by atoms with Crippen LogP contribution in [0.1, 0.15) is 24.8 Å². The molecule has 28 heavy (non-hydrogen) atoms. The molecule has 2 aromatic rings. The number of benzene rings is 2. The summed E-state index contributed by atoms with van der Waals surface area (Å²) in [6.07, 6.45) is 3.64. The minimum Gasteiger partial charge on any atom is -0.277 e. The van der Waals surface area contributed by atoms with E-state index in [9.17, 15) is 22.9 Å². The molecular weight excluding hydrogens is 387 g/mol. The summed E-state index contributed by atoms with van der Waals surface area (Å²) in [5.74, 6) is -0.474. The van der Waals surface area contributed by atoms with Gasteiger partial charge in [-0.05, 0) is 25.0 Å². The first kappa shape index (κ1) is 19.9. The molecule has 0 unspecified atom stereocenters. The fourth-order valence-corrected chi connectivity index (χ4v) is 4.60. The van der Waals surface area contributed by atoms with Crippen LogP contribution in [0.5, 0.6) is 0 Å². The van der Waals surface area contributed by atoms with Crippen LogP contribution in [0.4, 0.5) is 15.8 Å². The van der Waals surface area contributed by atoms with Crippen molar-refractivity contribution in [2.24, 2.45) is 5.10 Å². The van der Waals surface area contributed by atoms with E-state index in [0.717, 1.165) is 25.3 Å². The first-order valence-corrected chi connectivity index (χ1v) is 10.2. The van der Waals surface area contributed by atoms with Crippen LogP contribution >= 0.6 is 0 Å². The minimum atomic E-state index is -3.93. The summed E-state index contributed by atoms with van der Waals surface area (Å²) in [6.45, 7) is 0.728. The van der Waals surface area contributed by atoms with Gasteiger partial charge in [-0.25, -0.2) is 12.8 Å². The van der Waals surface area contributed by atoms with E-state index in [2.05, 4.69) is 10.5 Å². The Morgan fingerprint density at radius 3 is 2.54 bits per heavy atom. The number of hydrogen-bond acceptors (Lipinski definition) is 6. The second-order valence-electron chi connectivity index (χ2n) is 6.29. The van der Waals surface area contributed by atoms with Gasteiger partial charge in [-0.1, -0.05) is 24.6 Å². The molecule has 3 rings (SSSR count). The maximum absolute atomic E-state index is 13.7. The van der Waals surface area contributed by atoms with E-state index in [4.69, 9.17) is 0 Å². The largest absolute Gasteiger partial charge is 0.277 e. The van der Waals surface area contributed by atoms with E-state index >= 15 is 0 Å². The van der Waals surface area contributed by atoms with Crippen LogP contribution in [-0.2, 0) is 10.0 Å². The quantitative estimate of drug-likeness (QED) is 0.450. The van der Waals surface area contributed by atoms with E-state index in [1.165, 1.54) is 34.8 Å². The second-order valence-corrected chi connectivity index (χ2v) is 8.20. The Hall–Kier alpha value is -2.85. The summed E-state index contributed by atoms with van der Waals surface area (Å²) in [6, 6.07) is 9.47.